The molecule has 0 radical (unpaired) electrons. The number of pyridine rings is 1. The van der Waals surface area contributed by atoms with Crippen LogP contribution in [0.25, 0.3) is 10.9 Å². The van der Waals surface area contributed by atoms with Crippen molar-refractivity contribution in [3.05, 3.63) is 58.6 Å². The molecule has 0 bridgehead atoms. The summed E-state index contributed by atoms with van der Waals surface area (Å²) in [7, 11) is 0. The van der Waals surface area contributed by atoms with Crippen molar-refractivity contribution in [2.45, 2.75) is 26.5 Å². The van der Waals surface area contributed by atoms with Crippen LogP contribution >= 0.6 is 0 Å². The minimum absolute atomic E-state index is 0.0527. The number of H-pyrrole nitrogens is 1. The van der Waals surface area contributed by atoms with Crippen molar-refractivity contribution in [2.75, 3.05) is 0 Å². The van der Waals surface area contributed by atoms with Gasteiger partial charge in [-0.1, -0.05) is 6.07 Å². The molecule has 0 fully saturated rings. The number of aromatic amines is 1. The maximum absolute atomic E-state index is 12.4. The van der Waals surface area contributed by atoms with Crippen molar-refractivity contribution >= 4 is 10.9 Å². The molecule has 0 aliphatic rings. The van der Waals surface area contributed by atoms with Gasteiger partial charge in [0.05, 0.1) is 23.6 Å². The Morgan fingerprint density at radius 2 is 2.19 bits per heavy atom. The second kappa shape index (κ2) is 5.44. The van der Waals surface area contributed by atoms with Gasteiger partial charge < -0.3 is 4.74 Å². The number of aromatic nitrogens is 3. The Balaban J connectivity index is 1.98. The third-order valence-electron chi connectivity index (χ3n) is 3.16. The van der Waals surface area contributed by atoms with Gasteiger partial charge in [-0.2, -0.15) is 0 Å². The zero-order chi connectivity index (χ0) is 14.8. The average Bonchev–Trinajstić information content (AvgIpc) is 2.76. The number of nitrogens with zero attached hydrogens (tertiary/aromatic N) is 2. The molecule has 1 aromatic carbocycles. The largest absolute Gasteiger partial charge is 0.491 e. The maximum Gasteiger partial charge on any atom is 0.274 e. The molecule has 2 heterocycles. The Labute approximate surface area is 122 Å². The van der Waals surface area contributed by atoms with Crippen molar-refractivity contribution in [1.29, 1.82) is 0 Å². The molecule has 0 atom stereocenters. The van der Waals surface area contributed by atoms with E-state index in [9.17, 15) is 4.79 Å². The first-order valence-corrected chi connectivity index (χ1v) is 6.91. The lowest BCUT2D eigenvalue weighted by atomic mass is 10.2. The number of benzene rings is 1. The van der Waals surface area contributed by atoms with Crippen molar-refractivity contribution in [1.82, 2.24) is 14.8 Å². The summed E-state index contributed by atoms with van der Waals surface area (Å²) in [6, 6.07) is 9.32. The van der Waals surface area contributed by atoms with Crippen LogP contribution in [0.1, 0.15) is 19.4 Å². The van der Waals surface area contributed by atoms with Gasteiger partial charge in [0.25, 0.3) is 5.56 Å². The highest BCUT2D eigenvalue weighted by Gasteiger charge is 2.09. The van der Waals surface area contributed by atoms with Crippen LogP contribution in [-0.4, -0.2) is 20.9 Å². The van der Waals surface area contributed by atoms with Gasteiger partial charge in [-0.25, -0.2) is 4.68 Å². The lowest BCUT2D eigenvalue weighted by Crippen LogP contribution is -2.17. The summed E-state index contributed by atoms with van der Waals surface area (Å²) in [6.45, 7) is 4.39. The molecule has 0 spiro atoms. The molecule has 3 rings (SSSR count). The quantitative estimate of drug-likeness (QED) is 0.800. The van der Waals surface area contributed by atoms with E-state index < -0.39 is 0 Å². The molecule has 2 aromatic heterocycles. The summed E-state index contributed by atoms with van der Waals surface area (Å²) in [5.74, 6) is 0.710. The molecule has 0 aliphatic carbocycles. The van der Waals surface area contributed by atoms with E-state index in [4.69, 9.17) is 4.74 Å². The lowest BCUT2D eigenvalue weighted by molar-refractivity contribution is 0.243. The lowest BCUT2D eigenvalue weighted by Gasteiger charge is -2.08. The standard InChI is InChI=1S/C16H17N3O2/c1-11(2)21-13-5-6-15-14(8-13)16(20)19(18-15)10-12-4-3-7-17-9-12/h3-9,11,18H,10H2,1-2H3. The van der Waals surface area contributed by atoms with Crippen molar-refractivity contribution < 1.29 is 4.74 Å². The highest BCUT2D eigenvalue weighted by Crippen LogP contribution is 2.18. The van der Waals surface area contributed by atoms with Crippen LogP contribution in [-0.2, 0) is 6.54 Å². The molecule has 1 N–H and O–H groups in total. The minimum atomic E-state index is -0.0527. The van der Waals surface area contributed by atoms with Crippen LogP contribution < -0.4 is 10.3 Å². The van der Waals surface area contributed by atoms with Crippen LogP contribution in [0.4, 0.5) is 0 Å². The van der Waals surface area contributed by atoms with E-state index in [0.29, 0.717) is 17.7 Å². The highest BCUT2D eigenvalue weighted by atomic mass is 16.5. The minimum Gasteiger partial charge on any atom is -0.491 e. The summed E-state index contributed by atoms with van der Waals surface area (Å²) in [4.78, 5) is 16.5. The first-order chi connectivity index (χ1) is 10.1. The third-order valence-corrected chi connectivity index (χ3v) is 3.16. The van der Waals surface area contributed by atoms with E-state index in [1.54, 1.807) is 23.1 Å². The first-order valence-electron chi connectivity index (χ1n) is 6.91. The average molecular weight is 283 g/mol. The summed E-state index contributed by atoms with van der Waals surface area (Å²) in [5.41, 5.74) is 1.73. The highest BCUT2D eigenvalue weighted by molar-refractivity contribution is 5.79. The summed E-state index contributed by atoms with van der Waals surface area (Å²) in [6.07, 6.45) is 3.55. The van der Waals surface area contributed by atoms with Gasteiger partial charge in [0.2, 0.25) is 0 Å². The number of fused-ring (bicyclic) bond motifs is 1. The van der Waals surface area contributed by atoms with Crippen LogP contribution in [0.2, 0.25) is 0 Å². The first kappa shape index (κ1) is 13.4. The SMILES string of the molecule is CC(C)Oc1ccc2[nH]n(Cc3cccnc3)c(=O)c2c1. The zero-order valence-corrected chi connectivity index (χ0v) is 12.0. The van der Waals surface area contributed by atoms with E-state index in [1.807, 2.05) is 38.1 Å². The van der Waals surface area contributed by atoms with Crippen molar-refractivity contribution in [3.63, 3.8) is 0 Å². The maximum atomic E-state index is 12.4. The fourth-order valence-corrected chi connectivity index (χ4v) is 2.27. The number of nitrogens with one attached hydrogen (secondary N) is 1. The second-order valence-electron chi connectivity index (χ2n) is 5.24. The third kappa shape index (κ3) is 2.81. The molecular formula is C16H17N3O2. The van der Waals surface area contributed by atoms with E-state index in [-0.39, 0.29) is 11.7 Å². The Morgan fingerprint density at radius 3 is 2.90 bits per heavy atom. The molecule has 0 saturated heterocycles. The number of hydrogen-bond acceptors (Lipinski definition) is 3. The normalized spacial score (nSPS) is 11.2. The van der Waals surface area contributed by atoms with Crippen LogP contribution in [0, 0.1) is 0 Å². The number of ether oxygens (including phenoxy) is 1. The molecule has 108 valence electrons. The Bertz CT molecular complexity index is 803. The van der Waals surface area contributed by atoms with Crippen molar-refractivity contribution in [3.8, 4) is 5.75 Å². The smallest absolute Gasteiger partial charge is 0.274 e. The molecule has 0 saturated carbocycles. The Hall–Kier alpha value is -2.56. The van der Waals surface area contributed by atoms with Gasteiger partial charge in [0.1, 0.15) is 5.75 Å². The Kier molecular flexibility index (Phi) is 3.48. The van der Waals surface area contributed by atoms with Gasteiger partial charge in [-0.15, -0.1) is 0 Å². The fraction of sp³-hybridized carbons (Fsp3) is 0.250. The van der Waals surface area contributed by atoms with Gasteiger partial charge in [-0.3, -0.25) is 14.9 Å². The van der Waals surface area contributed by atoms with E-state index in [0.717, 1.165) is 11.1 Å². The van der Waals surface area contributed by atoms with Gasteiger partial charge in [0.15, 0.2) is 0 Å². The summed E-state index contributed by atoms with van der Waals surface area (Å²) < 4.78 is 7.22. The summed E-state index contributed by atoms with van der Waals surface area (Å²) >= 11 is 0. The van der Waals surface area contributed by atoms with Crippen molar-refractivity contribution in [2.24, 2.45) is 0 Å². The van der Waals surface area contributed by atoms with Crippen LogP contribution in [0.3, 0.4) is 0 Å². The van der Waals surface area contributed by atoms with Gasteiger partial charge >= 0.3 is 0 Å². The predicted molar refractivity (Wildman–Crippen MR) is 81.7 cm³/mol. The van der Waals surface area contributed by atoms with E-state index >= 15 is 0 Å². The number of rotatable bonds is 4. The van der Waals surface area contributed by atoms with Crippen LogP contribution in [0.5, 0.6) is 5.75 Å². The molecule has 0 aliphatic heterocycles. The molecule has 0 unspecified atom stereocenters. The molecular weight excluding hydrogens is 266 g/mol. The summed E-state index contributed by atoms with van der Waals surface area (Å²) in [5, 5.41) is 3.75. The second-order valence-corrected chi connectivity index (χ2v) is 5.24. The monoisotopic (exact) mass is 283 g/mol. The molecule has 5 heteroatoms. The van der Waals surface area contributed by atoms with E-state index in [1.165, 1.54) is 0 Å². The van der Waals surface area contributed by atoms with Gasteiger partial charge in [0, 0.05) is 12.4 Å². The zero-order valence-electron chi connectivity index (χ0n) is 12.0. The number of hydrogen-bond donors (Lipinski definition) is 1. The van der Waals surface area contributed by atoms with E-state index in [2.05, 4.69) is 10.1 Å². The molecule has 0 amide bonds. The Morgan fingerprint density at radius 1 is 1.33 bits per heavy atom. The molecule has 5 nitrogen and oxygen atoms in total. The van der Waals surface area contributed by atoms with Crippen LogP contribution in [0.15, 0.2) is 47.5 Å². The molecule has 21 heavy (non-hydrogen) atoms. The predicted octanol–water partition coefficient (Wildman–Crippen LogP) is 2.56. The fourth-order valence-electron chi connectivity index (χ4n) is 2.27. The van der Waals surface area contributed by atoms with Gasteiger partial charge in [-0.05, 0) is 43.7 Å². The topological polar surface area (TPSA) is 59.9 Å². The molecule has 3 aromatic rings.